The maximum atomic E-state index is 13.6. The van der Waals surface area contributed by atoms with Crippen LogP contribution in [0.4, 0.5) is 9.52 Å². The summed E-state index contributed by atoms with van der Waals surface area (Å²) in [5, 5.41) is 14.7. The molecule has 0 aliphatic heterocycles. The van der Waals surface area contributed by atoms with Gasteiger partial charge in [0.2, 0.25) is 5.13 Å². The van der Waals surface area contributed by atoms with Gasteiger partial charge in [-0.1, -0.05) is 45.8 Å². The molecule has 10 heteroatoms. The molecule has 0 aliphatic carbocycles. The molecular formula is C13H10FN5OS3. The molecule has 1 aromatic carbocycles. The predicted octanol–water partition coefficient (Wildman–Crippen LogP) is 3.38. The zero-order chi connectivity index (χ0) is 16.2. The summed E-state index contributed by atoms with van der Waals surface area (Å²) in [5.41, 5.74) is 1.18. The highest BCUT2D eigenvalue weighted by atomic mass is 32.2. The lowest BCUT2D eigenvalue weighted by Gasteiger charge is -1.99. The van der Waals surface area contributed by atoms with Gasteiger partial charge in [0.05, 0.1) is 5.69 Å². The molecule has 0 aliphatic rings. The smallest absolute Gasteiger partial charge is 0.271 e. The highest BCUT2D eigenvalue weighted by Gasteiger charge is 2.15. The average molecular weight is 367 g/mol. The minimum absolute atomic E-state index is 0.244. The van der Waals surface area contributed by atoms with E-state index in [9.17, 15) is 9.18 Å². The van der Waals surface area contributed by atoms with E-state index < -0.39 is 0 Å². The molecule has 2 heterocycles. The first kappa shape index (κ1) is 16.0. The van der Waals surface area contributed by atoms with E-state index >= 15 is 0 Å². The number of hydrogen-bond donors (Lipinski definition) is 1. The molecule has 0 spiro atoms. The number of rotatable bonds is 5. The number of carbonyl (C=O) groups excluding carboxylic acids is 1. The average Bonchev–Trinajstić information content (AvgIpc) is 3.15. The van der Waals surface area contributed by atoms with E-state index in [1.165, 1.54) is 29.2 Å². The van der Waals surface area contributed by atoms with Gasteiger partial charge in [0, 0.05) is 5.75 Å². The van der Waals surface area contributed by atoms with Gasteiger partial charge in [-0.25, -0.2) is 4.39 Å². The van der Waals surface area contributed by atoms with Gasteiger partial charge in [-0.05, 0) is 30.1 Å². The highest BCUT2D eigenvalue weighted by Crippen LogP contribution is 2.29. The maximum Gasteiger partial charge on any atom is 0.271 e. The fraction of sp³-hybridized carbons (Fsp3) is 0.154. The van der Waals surface area contributed by atoms with Crippen molar-refractivity contribution in [2.24, 2.45) is 0 Å². The minimum atomic E-state index is -0.306. The zero-order valence-electron chi connectivity index (χ0n) is 11.8. The number of amides is 1. The van der Waals surface area contributed by atoms with Gasteiger partial charge >= 0.3 is 0 Å². The molecule has 1 amide bonds. The van der Waals surface area contributed by atoms with Crippen LogP contribution in [0, 0.1) is 12.7 Å². The lowest BCUT2D eigenvalue weighted by atomic mass is 10.2. The predicted molar refractivity (Wildman–Crippen MR) is 88.5 cm³/mol. The van der Waals surface area contributed by atoms with Gasteiger partial charge in [-0.15, -0.1) is 15.3 Å². The number of hydrogen-bond acceptors (Lipinski definition) is 8. The number of aryl methyl sites for hydroxylation is 1. The zero-order valence-corrected chi connectivity index (χ0v) is 14.3. The van der Waals surface area contributed by atoms with Gasteiger partial charge in [-0.2, -0.15) is 0 Å². The minimum Gasteiger partial charge on any atom is -0.296 e. The quantitative estimate of drug-likeness (QED) is 0.550. The maximum absolute atomic E-state index is 13.6. The van der Waals surface area contributed by atoms with Crippen molar-refractivity contribution in [1.29, 1.82) is 0 Å². The van der Waals surface area contributed by atoms with Gasteiger partial charge < -0.3 is 0 Å². The third kappa shape index (κ3) is 3.89. The first-order valence-electron chi connectivity index (χ1n) is 6.43. The van der Waals surface area contributed by atoms with E-state index in [1.807, 2.05) is 0 Å². The number of nitrogens with one attached hydrogen (secondary N) is 1. The van der Waals surface area contributed by atoms with Gasteiger partial charge in [0.15, 0.2) is 4.34 Å². The molecule has 0 saturated carbocycles. The van der Waals surface area contributed by atoms with E-state index in [0.717, 1.165) is 11.5 Å². The molecule has 0 fully saturated rings. The summed E-state index contributed by atoms with van der Waals surface area (Å²) >= 11 is 3.64. The van der Waals surface area contributed by atoms with Crippen LogP contribution in [0.5, 0.6) is 0 Å². The Kier molecular flexibility index (Phi) is 4.94. The Morgan fingerprint density at radius 2 is 2.13 bits per heavy atom. The Morgan fingerprint density at radius 1 is 1.30 bits per heavy atom. The van der Waals surface area contributed by atoms with Gasteiger partial charge in [0.25, 0.3) is 5.91 Å². The molecule has 3 aromatic rings. The van der Waals surface area contributed by atoms with Crippen molar-refractivity contribution in [3.05, 3.63) is 46.2 Å². The molecule has 23 heavy (non-hydrogen) atoms. The number of nitrogens with zero attached hydrogens (tertiary/aromatic N) is 4. The van der Waals surface area contributed by atoms with E-state index in [1.54, 1.807) is 25.1 Å². The number of aromatic nitrogens is 4. The van der Waals surface area contributed by atoms with Crippen LogP contribution in [-0.2, 0) is 5.75 Å². The van der Waals surface area contributed by atoms with Crippen LogP contribution in [0.25, 0.3) is 0 Å². The molecule has 2 aromatic heterocycles. The van der Waals surface area contributed by atoms with Crippen LogP contribution < -0.4 is 5.32 Å². The Labute approximate surface area is 143 Å². The molecule has 0 saturated heterocycles. The number of anilines is 1. The molecule has 118 valence electrons. The molecule has 0 atom stereocenters. The van der Waals surface area contributed by atoms with Crippen molar-refractivity contribution >= 4 is 45.7 Å². The Bertz CT molecular complexity index is 834. The topological polar surface area (TPSA) is 80.7 Å². The first-order chi connectivity index (χ1) is 11.1. The molecule has 1 N–H and O–H groups in total. The SMILES string of the molecule is Cc1nnsc1C(=O)Nc1nnc(SCc2ccccc2F)s1. The van der Waals surface area contributed by atoms with Crippen LogP contribution in [0.3, 0.4) is 0 Å². The number of thioether (sulfide) groups is 1. The second kappa shape index (κ2) is 7.11. The fourth-order valence-electron chi connectivity index (χ4n) is 1.67. The number of benzene rings is 1. The molecule has 3 rings (SSSR count). The number of carbonyl (C=O) groups is 1. The summed E-state index contributed by atoms with van der Waals surface area (Å²) in [6.07, 6.45) is 0. The first-order valence-corrected chi connectivity index (χ1v) is 9.01. The molecule has 0 bridgehead atoms. The molecular weight excluding hydrogens is 357 g/mol. The summed E-state index contributed by atoms with van der Waals surface area (Å²) in [6, 6.07) is 6.59. The Balaban J connectivity index is 1.61. The molecule has 0 unspecified atom stereocenters. The van der Waals surface area contributed by atoms with E-state index in [2.05, 4.69) is 25.1 Å². The summed E-state index contributed by atoms with van der Waals surface area (Å²) in [6.45, 7) is 1.72. The van der Waals surface area contributed by atoms with Gasteiger partial charge in [-0.3, -0.25) is 10.1 Å². The molecule has 0 radical (unpaired) electrons. The third-order valence-electron chi connectivity index (χ3n) is 2.79. The Morgan fingerprint density at radius 3 is 2.87 bits per heavy atom. The largest absolute Gasteiger partial charge is 0.296 e. The standard InChI is InChI=1S/C13H10FN5OS3/c1-7-10(23-19-16-7)11(20)15-12-17-18-13(22-12)21-6-8-4-2-3-5-9(8)14/h2-5H,6H2,1H3,(H,15,17,20). The summed E-state index contributed by atoms with van der Waals surface area (Å²) in [4.78, 5) is 12.5. The third-order valence-corrected chi connectivity index (χ3v) is 5.64. The van der Waals surface area contributed by atoms with Crippen molar-refractivity contribution in [2.45, 2.75) is 17.0 Å². The van der Waals surface area contributed by atoms with Crippen molar-refractivity contribution < 1.29 is 9.18 Å². The van der Waals surface area contributed by atoms with Crippen molar-refractivity contribution in [1.82, 2.24) is 19.8 Å². The van der Waals surface area contributed by atoms with Gasteiger partial charge in [0.1, 0.15) is 10.7 Å². The number of halogens is 1. The monoisotopic (exact) mass is 367 g/mol. The van der Waals surface area contributed by atoms with Crippen molar-refractivity contribution in [3.8, 4) is 0 Å². The van der Waals surface area contributed by atoms with Crippen LogP contribution >= 0.6 is 34.6 Å². The second-order valence-electron chi connectivity index (χ2n) is 4.39. The van der Waals surface area contributed by atoms with Crippen LogP contribution in [0.15, 0.2) is 28.6 Å². The Hall–Kier alpha value is -1.91. The fourth-order valence-corrected chi connectivity index (χ4v) is 3.95. The van der Waals surface area contributed by atoms with Crippen LogP contribution in [0.2, 0.25) is 0 Å². The summed E-state index contributed by atoms with van der Waals surface area (Å²) in [7, 11) is 0. The molecule has 6 nitrogen and oxygen atoms in total. The van der Waals surface area contributed by atoms with Crippen molar-refractivity contribution in [3.63, 3.8) is 0 Å². The highest BCUT2D eigenvalue weighted by molar-refractivity contribution is 8.00. The van der Waals surface area contributed by atoms with Crippen LogP contribution in [0.1, 0.15) is 20.9 Å². The van der Waals surface area contributed by atoms with E-state index in [0.29, 0.717) is 31.4 Å². The van der Waals surface area contributed by atoms with Crippen molar-refractivity contribution in [2.75, 3.05) is 5.32 Å². The summed E-state index contributed by atoms with van der Waals surface area (Å²) < 4.78 is 17.9. The lowest BCUT2D eigenvalue weighted by Crippen LogP contribution is -2.11. The summed E-state index contributed by atoms with van der Waals surface area (Å²) in [5.74, 6) is -0.0989. The van der Waals surface area contributed by atoms with Crippen LogP contribution in [-0.4, -0.2) is 25.7 Å². The lowest BCUT2D eigenvalue weighted by molar-refractivity contribution is 0.102. The van der Waals surface area contributed by atoms with E-state index in [-0.39, 0.29) is 11.7 Å². The second-order valence-corrected chi connectivity index (χ2v) is 7.35. The van der Waals surface area contributed by atoms with E-state index in [4.69, 9.17) is 0 Å². The normalized spacial score (nSPS) is 10.7.